The Morgan fingerprint density at radius 2 is 1.94 bits per heavy atom. The number of halogens is 1. The van der Waals surface area contributed by atoms with Crippen LogP contribution in [0.25, 0.3) is 10.4 Å². The van der Waals surface area contributed by atoms with Gasteiger partial charge in [0.05, 0.1) is 38.8 Å². The van der Waals surface area contributed by atoms with Crippen LogP contribution < -0.4 is 0 Å². The molecule has 166 valence electrons. The summed E-state index contributed by atoms with van der Waals surface area (Å²) in [5.74, 6) is -0.339. The number of hydrogen-bond acceptors (Lipinski definition) is 5. The minimum Gasteiger partial charge on any atom is -0.391 e. The first kappa shape index (κ1) is 22.6. The third-order valence-corrected chi connectivity index (χ3v) is 7.26. The molecule has 1 amide bonds. The largest absolute Gasteiger partial charge is 0.391 e. The summed E-state index contributed by atoms with van der Waals surface area (Å²) in [6.45, 7) is 3.95. The molecule has 1 aliphatic heterocycles. The molecular weight excluding hydrogens is 444 g/mol. The number of benzene rings is 2. The van der Waals surface area contributed by atoms with E-state index >= 15 is 0 Å². The Kier molecular flexibility index (Phi) is 6.74. The number of amides is 1. The number of aryl methyl sites for hydroxylation is 3. The van der Waals surface area contributed by atoms with E-state index in [2.05, 4.69) is 17.1 Å². The number of ketones is 1. The number of aromatic nitrogens is 1. The van der Waals surface area contributed by atoms with Gasteiger partial charge in [-0.25, -0.2) is 4.98 Å². The fraction of sp³-hybridized carbons (Fsp3) is 0.320. The number of β-amino-alcohol motifs (C(OH)–C–C–N with tert-alkyl or cyclic N) is 1. The van der Waals surface area contributed by atoms with Gasteiger partial charge in [0.2, 0.25) is 0 Å². The lowest BCUT2D eigenvalue weighted by Gasteiger charge is -2.24. The lowest BCUT2D eigenvalue weighted by atomic mass is 9.99. The molecule has 0 radical (unpaired) electrons. The van der Waals surface area contributed by atoms with Gasteiger partial charge in [-0.15, -0.1) is 11.3 Å². The van der Waals surface area contributed by atoms with Crippen molar-refractivity contribution in [3.63, 3.8) is 0 Å². The fourth-order valence-corrected chi connectivity index (χ4v) is 5.34. The quantitative estimate of drug-likeness (QED) is 0.561. The highest BCUT2D eigenvalue weighted by Crippen LogP contribution is 2.29. The maximum absolute atomic E-state index is 13.2. The monoisotopic (exact) mass is 468 g/mol. The summed E-state index contributed by atoms with van der Waals surface area (Å²) in [6.07, 6.45) is 0.442. The first-order chi connectivity index (χ1) is 15.3. The van der Waals surface area contributed by atoms with Gasteiger partial charge in [-0.3, -0.25) is 9.59 Å². The van der Waals surface area contributed by atoms with Crippen LogP contribution in [0.4, 0.5) is 0 Å². The summed E-state index contributed by atoms with van der Waals surface area (Å²) in [5, 5.41) is 10.6. The summed E-state index contributed by atoms with van der Waals surface area (Å²) < 4.78 is 0. The van der Waals surface area contributed by atoms with E-state index in [1.54, 1.807) is 23.5 Å². The smallest absolute Gasteiger partial charge is 0.256 e. The molecule has 0 unspecified atom stereocenters. The van der Waals surface area contributed by atoms with Gasteiger partial charge in [-0.05, 0) is 43.0 Å². The summed E-state index contributed by atoms with van der Waals surface area (Å²) in [6, 6.07) is 12.8. The van der Waals surface area contributed by atoms with Crippen molar-refractivity contribution in [2.45, 2.75) is 45.3 Å². The number of nitrogens with zero attached hydrogens (tertiary/aromatic N) is 2. The molecule has 32 heavy (non-hydrogen) atoms. The molecule has 3 aromatic rings. The van der Waals surface area contributed by atoms with E-state index in [0.29, 0.717) is 23.4 Å². The van der Waals surface area contributed by atoms with Crippen LogP contribution in [0, 0.1) is 13.8 Å². The zero-order valence-corrected chi connectivity index (χ0v) is 19.6. The zero-order chi connectivity index (χ0) is 22.8. The van der Waals surface area contributed by atoms with Crippen molar-refractivity contribution in [2.75, 3.05) is 6.54 Å². The molecule has 7 heteroatoms. The number of rotatable bonds is 6. The van der Waals surface area contributed by atoms with Crippen LogP contribution in [0.1, 0.15) is 40.0 Å². The van der Waals surface area contributed by atoms with Crippen molar-refractivity contribution >= 4 is 34.6 Å². The Balaban J connectivity index is 1.44. The molecule has 5 nitrogen and oxygen atoms in total. The second-order valence-electron chi connectivity index (χ2n) is 8.22. The molecule has 0 bridgehead atoms. The molecule has 1 N–H and O–H groups in total. The molecule has 2 aromatic carbocycles. The van der Waals surface area contributed by atoms with Crippen LogP contribution in [0.2, 0.25) is 5.02 Å². The van der Waals surface area contributed by atoms with Crippen molar-refractivity contribution in [1.82, 2.24) is 9.88 Å². The molecule has 2 heterocycles. The molecule has 0 saturated carbocycles. The van der Waals surface area contributed by atoms with Crippen LogP contribution in [0.5, 0.6) is 0 Å². The normalized spacial score (nSPS) is 18.2. The van der Waals surface area contributed by atoms with E-state index in [1.165, 1.54) is 4.90 Å². The number of likely N-dealkylation sites (tertiary alicyclic amines) is 1. The second-order valence-corrected chi connectivity index (χ2v) is 9.49. The predicted octanol–water partition coefficient (Wildman–Crippen LogP) is 4.86. The van der Waals surface area contributed by atoms with Crippen molar-refractivity contribution in [3.8, 4) is 10.4 Å². The van der Waals surface area contributed by atoms with Crippen LogP contribution in [0.15, 0.2) is 48.0 Å². The molecule has 2 atom stereocenters. The standard InChI is InChI=1S/C25H25ClN2O3S/c1-15-4-3-5-20(26)23(15)25(31)28-13-19(29)12-21(28)22(30)11-8-17-6-9-18(10-7-17)24-16(2)27-14-32-24/h3-7,9-10,14,19,21,29H,8,11-13H2,1-2H3/t19-,21+/m1/s1. The number of aliphatic hydroxyl groups is 1. The summed E-state index contributed by atoms with van der Waals surface area (Å²) in [4.78, 5) is 33.1. The average molecular weight is 469 g/mol. The summed E-state index contributed by atoms with van der Waals surface area (Å²) >= 11 is 7.88. The molecule has 4 rings (SSSR count). The van der Waals surface area contributed by atoms with Crippen molar-refractivity contribution < 1.29 is 14.7 Å². The highest BCUT2D eigenvalue weighted by molar-refractivity contribution is 7.13. The summed E-state index contributed by atoms with van der Waals surface area (Å²) in [7, 11) is 0. The molecular formula is C25H25ClN2O3S. The second kappa shape index (κ2) is 9.53. The first-order valence-electron chi connectivity index (χ1n) is 10.6. The first-order valence-corrected chi connectivity index (χ1v) is 11.9. The van der Waals surface area contributed by atoms with E-state index in [4.69, 9.17) is 11.6 Å². The highest BCUT2D eigenvalue weighted by Gasteiger charge is 2.39. The van der Waals surface area contributed by atoms with Gasteiger partial charge >= 0.3 is 0 Å². The zero-order valence-electron chi connectivity index (χ0n) is 18.0. The lowest BCUT2D eigenvalue weighted by Crippen LogP contribution is -2.41. The van der Waals surface area contributed by atoms with Crippen molar-refractivity contribution in [3.05, 3.63) is 75.4 Å². The number of carbonyl (C=O) groups excluding carboxylic acids is 2. The highest BCUT2D eigenvalue weighted by atomic mass is 35.5. The topological polar surface area (TPSA) is 70.5 Å². The fourth-order valence-electron chi connectivity index (χ4n) is 4.23. The summed E-state index contributed by atoms with van der Waals surface area (Å²) in [5.41, 5.74) is 6.18. The van der Waals surface area contributed by atoms with E-state index in [0.717, 1.165) is 27.3 Å². The minimum absolute atomic E-state index is 0.0398. The molecule has 1 saturated heterocycles. The van der Waals surface area contributed by atoms with Crippen LogP contribution in [-0.2, 0) is 11.2 Å². The number of aliphatic hydroxyl groups excluding tert-OH is 1. The number of carbonyl (C=O) groups is 2. The maximum atomic E-state index is 13.2. The van der Waals surface area contributed by atoms with Crippen LogP contribution >= 0.6 is 22.9 Å². The van der Waals surface area contributed by atoms with Crippen molar-refractivity contribution in [2.24, 2.45) is 0 Å². The van der Waals surface area contributed by atoms with Gasteiger partial charge < -0.3 is 10.0 Å². The van der Waals surface area contributed by atoms with Crippen LogP contribution in [-0.4, -0.2) is 45.4 Å². The van der Waals surface area contributed by atoms with Gasteiger partial charge in [0.15, 0.2) is 5.78 Å². The predicted molar refractivity (Wildman–Crippen MR) is 127 cm³/mol. The van der Waals surface area contributed by atoms with Crippen molar-refractivity contribution in [1.29, 1.82) is 0 Å². The lowest BCUT2D eigenvalue weighted by molar-refractivity contribution is -0.122. The van der Waals surface area contributed by atoms with Gasteiger partial charge in [0.1, 0.15) is 0 Å². The molecule has 1 aromatic heterocycles. The van der Waals surface area contributed by atoms with Crippen LogP contribution in [0.3, 0.4) is 0 Å². The minimum atomic E-state index is -0.711. The number of Topliss-reactive ketones (excluding diaryl/α,β-unsaturated/α-hetero) is 1. The molecule has 0 spiro atoms. The Bertz CT molecular complexity index is 1120. The molecule has 1 aliphatic rings. The van der Waals surface area contributed by atoms with E-state index in [-0.39, 0.29) is 24.7 Å². The number of hydrogen-bond donors (Lipinski definition) is 1. The Hall–Kier alpha value is -2.54. The number of thiazole rings is 1. The SMILES string of the molecule is Cc1cccc(Cl)c1C(=O)N1C[C@H](O)C[C@H]1C(=O)CCc1ccc(-c2scnc2C)cc1. The Morgan fingerprint density at radius 3 is 2.59 bits per heavy atom. The Morgan fingerprint density at radius 1 is 1.19 bits per heavy atom. The third kappa shape index (κ3) is 4.63. The molecule has 1 fully saturated rings. The van der Waals surface area contributed by atoms with Gasteiger partial charge in [-0.2, -0.15) is 0 Å². The Labute approximate surface area is 196 Å². The van der Waals surface area contributed by atoms with Gasteiger partial charge in [0, 0.05) is 19.4 Å². The maximum Gasteiger partial charge on any atom is 0.256 e. The van der Waals surface area contributed by atoms with E-state index in [9.17, 15) is 14.7 Å². The van der Waals surface area contributed by atoms with E-state index < -0.39 is 12.1 Å². The third-order valence-electron chi connectivity index (χ3n) is 5.97. The van der Waals surface area contributed by atoms with Gasteiger partial charge in [-0.1, -0.05) is 48.0 Å². The van der Waals surface area contributed by atoms with E-state index in [1.807, 2.05) is 37.6 Å². The average Bonchev–Trinajstić information content (AvgIpc) is 3.37. The molecule has 0 aliphatic carbocycles. The van der Waals surface area contributed by atoms with Gasteiger partial charge in [0.25, 0.3) is 5.91 Å².